The second kappa shape index (κ2) is 6.98. The second-order valence-corrected chi connectivity index (χ2v) is 6.12. The predicted octanol–water partition coefficient (Wildman–Crippen LogP) is 2.11. The van der Waals surface area contributed by atoms with Crippen LogP contribution in [0, 0.1) is 0 Å². The van der Waals surface area contributed by atoms with Crippen molar-refractivity contribution in [3.05, 3.63) is 29.3 Å². The topological polar surface area (TPSA) is 60.5 Å². The van der Waals surface area contributed by atoms with Gasteiger partial charge in [0.2, 0.25) is 5.91 Å². The summed E-state index contributed by atoms with van der Waals surface area (Å²) >= 11 is 1.60. The van der Waals surface area contributed by atoms with Gasteiger partial charge < -0.3 is 14.8 Å². The van der Waals surface area contributed by atoms with E-state index in [0.717, 1.165) is 34.7 Å². The lowest BCUT2D eigenvalue weighted by Gasteiger charge is -2.09. The first kappa shape index (κ1) is 14.4. The van der Waals surface area contributed by atoms with Crippen molar-refractivity contribution in [1.29, 1.82) is 0 Å². The van der Waals surface area contributed by atoms with Crippen molar-refractivity contribution in [1.82, 2.24) is 10.3 Å². The van der Waals surface area contributed by atoms with E-state index in [1.54, 1.807) is 11.3 Å². The Morgan fingerprint density at radius 3 is 3.19 bits per heavy atom. The van der Waals surface area contributed by atoms with Gasteiger partial charge in [0.25, 0.3) is 0 Å². The molecule has 0 unspecified atom stereocenters. The van der Waals surface area contributed by atoms with Gasteiger partial charge in [-0.1, -0.05) is 12.1 Å². The van der Waals surface area contributed by atoms with Gasteiger partial charge in [0, 0.05) is 6.61 Å². The minimum atomic E-state index is -0.118. The molecule has 0 spiro atoms. The molecule has 0 saturated carbocycles. The summed E-state index contributed by atoms with van der Waals surface area (Å²) in [5.74, 6) is -0.118. The molecule has 1 atom stereocenters. The van der Waals surface area contributed by atoms with Crippen molar-refractivity contribution in [3.63, 3.8) is 0 Å². The average Bonchev–Trinajstić information content (AvgIpc) is 3.13. The quantitative estimate of drug-likeness (QED) is 0.888. The third-order valence-electron chi connectivity index (χ3n) is 3.34. The van der Waals surface area contributed by atoms with Gasteiger partial charge in [-0.3, -0.25) is 4.79 Å². The number of hydrogen-bond acceptors (Lipinski definition) is 5. The average molecular weight is 306 g/mol. The van der Waals surface area contributed by atoms with Gasteiger partial charge in [0.05, 0.1) is 29.5 Å². The summed E-state index contributed by atoms with van der Waals surface area (Å²) in [6, 6.07) is 7.95. The molecular formula is C15H18N2O3S. The Morgan fingerprint density at radius 1 is 1.48 bits per heavy atom. The number of fused-ring (bicyclic) bond motifs is 1. The normalized spacial score (nSPS) is 18.2. The lowest BCUT2D eigenvalue weighted by atomic mass is 10.2. The van der Waals surface area contributed by atoms with Crippen molar-refractivity contribution >= 4 is 27.5 Å². The molecule has 6 heteroatoms. The van der Waals surface area contributed by atoms with Crippen molar-refractivity contribution < 1.29 is 14.3 Å². The Morgan fingerprint density at radius 2 is 2.38 bits per heavy atom. The number of para-hydroxylation sites is 1. The van der Waals surface area contributed by atoms with Crippen molar-refractivity contribution in [3.8, 4) is 0 Å². The third-order valence-corrected chi connectivity index (χ3v) is 4.37. The molecule has 112 valence electrons. The Bertz CT molecular complexity index is 575. The van der Waals surface area contributed by atoms with Crippen LogP contribution in [0.4, 0.5) is 0 Å². The van der Waals surface area contributed by atoms with Crippen LogP contribution in [0.2, 0.25) is 0 Å². The summed E-state index contributed by atoms with van der Waals surface area (Å²) in [5.41, 5.74) is 0.974. The lowest BCUT2D eigenvalue weighted by Crippen LogP contribution is -2.28. The van der Waals surface area contributed by atoms with Gasteiger partial charge in [-0.25, -0.2) is 4.98 Å². The van der Waals surface area contributed by atoms with Crippen LogP contribution in [0.15, 0.2) is 24.3 Å². The van der Waals surface area contributed by atoms with E-state index < -0.39 is 0 Å². The minimum Gasteiger partial charge on any atom is -0.376 e. The summed E-state index contributed by atoms with van der Waals surface area (Å²) in [4.78, 5) is 16.2. The number of carbonyl (C=O) groups is 1. The molecule has 2 aromatic rings. The zero-order chi connectivity index (χ0) is 14.5. The molecule has 5 nitrogen and oxygen atoms in total. The molecule has 0 aliphatic carbocycles. The number of rotatable bonds is 6. The van der Waals surface area contributed by atoms with Gasteiger partial charge in [-0.2, -0.15) is 0 Å². The van der Waals surface area contributed by atoms with Crippen LogP contribution in [0.1, 0.15) is 17.8 Å². The van der Waals surface area contributed by atoms with Crippen LogP contribution in [-0.4, -0.2) is 36.8 Å². The molecular weight excluding hydrogens is 288 g/mol. The van der Waals surface area contributed by atoms with Crippen LogP contribution >= 0.6 is 11.3 Å². The molecule has 0 radical (unpaired) electrons. The Labute approximate surface area is 127 Å². The van der Waals surface area contributed by atoms with Crippen LogP contribution in [0.5, 0.6) is 0 Å². The molecule has 1 saturated heterocycles. The molecule has 0 bridgehead atoms. The molecule has 2 heterocycles. The predicted molar refractivity (Wildman–Crippen MR) is 81.3 cm³/mol. The molecule has 1 amide bonds. The first-order valence-corrected chi connectivity index (χ1v) is 7.93. The molecule has 21 heavy (non-hydrogen) atoms. The maximum absolute atomic E-state index is 11.7. The van der Waals surface area contributed by atoms with Crippen LogP contribution in [0.25, 0.3) is 10.2 Å². The molecule has 1 aliphatic heterocycles. The van der Waals surface area contributed by atoms with E-state index in [9.17, 15) is 4.79 Å². The Balaban J connectivity index is 1.40. The first-order valence-electron chi connectivity index (χ1n) is 7.12. The number of nitrogens with zero attached hydrogens (tertiary/aromatic N) is 1. The number of ether oxygens (including phenoxy) is 2. The molecule has 1 N–H and O–H groups in total. The summed E-state index contributed by atoms with van der Waals surface area (Å²) in [6.07, 6.45) is 2.26. The molecule has 1 aromatic carbocycles. The summed E-state index contributed by atoms with van der Waals surface area (Å²) in [6.45, 7) is 1.82. The number of thiazole rings is 1. The maximum Gasteiger partial charge on any atom is 0.246 e. The van der Waals surface area contributed by atoms with E-state index in [1.807, 2.05) is 24.3 Å². The van der Waals surface area contributed by atoms with E-state index in [0.29, 0.717) is 13.2 Å². The molecule has 1 fully saturated rings. The van der Waals surface area contributed by atoms with E-state index in [2.05, 4.69) is 10.3 Å². The zero-order valence-electron chi connectivity index (χ0n) is 11.7. The summed E-state index contributed by atoms with van der Waals surface area (Å²) < 4.78 is 11.9. The van der Waals surface area contributed by atoms with Crippen molar-refractivity contribution in [2.75, 3.05) is 19.8 Å². The number of amides is 1. The third kappa shape index (κ3) is 4.00. The van der Waals surface area contributed by atoms with Gasteiger partial charge >= 0.3 is 0 Å². The fourth-order valence-corrected chi connectivity index (χ4v) is 3.19. The largest absolute Gasteiger partial charge is 0.376 e. The number of carbonyl (C=O) groups excluding carboxylic acids is 1. The molecule has 3 rings (SSSR count). The Hall–Kier alpha value is -1.50. The van der Waals surface area contributed by atoms with E-state index >= 15 is 0 Å². The fraction of sp³-hybridized carbons (Fsp3) is 0.467. The van der Waals surface area contributed by atoms with Crippen LogP contribution in [-0.2, 0) is 20.8 Å². The van der Waals surface area contributed by atoms with Gasteiger partial charge in [-0.05, 0) is 25.0 Å². The molecule has 1 aromatic heterocycles. The van der Waals surface area contributed by atoms with Crippen LogP contribution in [0.3, 0.4) is 0 Å². The van der Waals surface area contributed by atoms with E-state index in [4.69, 9.17) is 9.47 Å². The van der Waals surface area contributed by atoms with E-state index in [1.165, 1.54) is 0 Å². The SMILES string of the molecule is O=C(COC[C@H]1CCCO1)NCc1nc2ccccc2s1. The highest BCUT2D eigenvalue weighted by atomic mass is 32.1. The van der Waals surface area contributed by atoms with Crippen LogP contribution < -0.4 is 5.32 Å². The van der Waals surface area contributed by atoms with Gasteiger partial charge in [0.1, 0.15) is 11.6 Å². The van der Waals surface area contributed by atoms with Gasteiger partial charge in [0.15, 0.2) is 0 Å². The highest BCUT2D eigenvalue weighted by Gasteiger charge is 2.16. The summed E-state index contributed by atoms with van der Waals surface area (Å²) in [7, 11) is 0. The lowest BCUT2D eigenvalue weighted by molar-refractivity contribution is -0.127. The zero-order valence-corrected chi connectivity index (χ0v) is 12.5. The number of hydrogen-bond donors (Lipinski definition) is 1. The minimum absolute atomic E-state index is 0.0742. The standard InChI is InChI=1S/C15H18N2O3S/c18-14(10-19-9-11-4-3-7-20-11)16-8-15-17-12-5-1-2-6-13(12)21-15/h1-2,5-6,11H,3-4,7-10H2,(H,16,18)/t11-/m1/s1. The maximum atomic E-state index is 11.7. The highest BCUT2D eigenvalue weighted by molar-refractivity contribution is 7.18. The first-order chi connectivity index (χ1) is 10.3. The molecule has 1 aliphatic rings. The van der Waals surface area contributed by atoms with Crippen molar-refractivity contribution in [2.24, 2.45) is 0 Å². The number of aromatic nitrogens is 1. The second-order valence-electron chi connectivity index (χ2n) is 5.00. The smallest absolute Gasteiger partial charge is 0.246 e. The number of nitrogens with one attached hydrogen (secondary N) is 1. The highest BCUT2D eigenvalue weighted by Crippen LogP contribution is 2.21. The van der Waals surface area contributed by atoms with Crippen molar-refractivity contribution in [2.45, 2.75) is 25.5 Å². The monoisotopic (exact) mass is 306 g/mol. The Kier molecular flexibility index (Phi) is 4.80. The number of benzene rings is 1. The van der Waals surface area contributed by atoms with E-state index in [-0.39, 0.29) is 18.6 Å². The summed E-state index contributed by atoms with van der Waals surface area (Å²) in [5, 5.41) is 3.73. The fourth-order valence-electron chi connectivity index (χ4n) is 2.28. The van der Waals surface area contributed by atoms with Gasteiger partial charge in [-0.15, -0.1) is 11.3 Å².